The van der Waals surface area contributed by atoms with Gasteiger partial charge in [0.25, 0.3) is 18.0 Å². The van der Waals surface area contributed by atoms with Gasteiger partial charge in [0.15, 0.2) is 20.3 Å². The molecule has 20 heteroatoms. The lowest BCUT2D eigenvalue weighted by Gasteiger charge is -2.34. The van der Waals surface area contributed by atoms with Gasteiger partial charge in [-0.3, -0.25) is 14.3 Å². The molecule has 2 aliphatic rings. The lowest BCUT2D eigenvalue weighted by molar-refractivity contribution is -0.137. The molecule has 5 rings (SSSR count). The molecule has 0 unspecified atom stereocenters. The van der Waals surface area contributed by atoms with Crippen LogP contribution >= 0.6 is 0 Å². The van der Waals surface area contributed by atoms with E-state index >= 15 is 0 Å². The Morgan fingerprint density at radius 3 is 2.30 bits per heavy atom. The largest absolute Gasteiger partial charge is 0.419 e. The van der Waals surface area contributed by atoms with Crippen molar-refractivity contribution in [2.75, 3.05) is 26.3 Å². The first kappa shape index (κ1) is 38.7. The van der Waals surface area contributed by atoms with Crippen LogP contribution in [0.2, 0.25) is 0 Å². The molecule has 1 aromatic heterocycles. The van der Waals surface area contributed by atoms with E-state index in [1.54, 1.807) is 24.3 Å². The summed E-state index contributed by atoms with van der Waals surface area (Å²) in [6.45, 7) is 1.06. The fourth-order valence-corrected chi connectivity index (χ4v) is 8.10. The summed E-state index contributed by atoms with van der Waals surface area (Å²) >= 11 is 0. The molecule has 1 aliphatic carbocycles. The molecule has 1 N–H and O–H groups in total. The fourth-order valence-electron chi connectivity index (χ4n) is 5.79. The van der Waals surface area contributed by atoms with Crippen LogP contribution in [0, 0.1) is 40.4 Å². The fraction of sp³-hybridized carbons (Fsp3) is 0.394. The van der Waals surface area contributed by atoms with Crippen LogP contribution in [0.4, 0.5) is 22.0 Å². The van der Waals surface area contributed by atoms with Gasteiger partial charge in [-0.2, -0.15) is 23.9 Å². The monoisotopic (exact) mass is 763 g/mol. The number of nitriles is 1. The van der Waals surface area contributed by atoms with Crippen molar-refractivity contribution in [3.8, 4) is 11.8 Å². The number of sulfone groups is 1. The molecule has 1 aliphatic heterocycles. The van der Waals surface area contributed by atoms with Crippen LogP contribution < -0.4 is 10.1 Å². The molecule has 0 atom stereocenters. The van der Waals surface area contributed by atoms with Crippen LogP contribution in [0.15, 0.2) is 24.3 Å². The predicted octanol–water partition coefficient (Wildman–Crippen LogP) is 3.03. The van der Waals surface area contributed by atoms with E-state index in [-0.39, 0.29) is 69.1 Å². The normalized spacial score (nSPS) is 14.9. The number of rotatable bonds is 14. The van der Waals surface area contributed by atoms with Crippen LogP contribution in [-0.4, -0.2) is 87.7 Å². The van der Waals surface area contributed by atoms with Crippen molar-refractivity contribution in [2.45, 2.75) is 55.7 Å². The molecular weight excluding hydrogens is 733 g/mol. The third-order valence-corrected chi connectivity index (χ3v) is 12.2. The van der Waals surface area contributed by atoms with Crippen LogP contribution in [-0.2, 0) is 38.9 Å². The highest BCUT2D eigenvalue weighted by Gasteiger charge is 2.64. The van der Waals surface area contributed by atoms with Crippen LogP contribution in [0.1, 0.15) is 64.4 Å². The van der Waals surface area contributed by atoms with E-state index in [9.17, 15) is 44.8 Å². The van der Waals surface area contributed by atoms with Gasteiger partial charge in [-0.15, -0.1) is 0 Å². The first-order chi connectivity index (χ1) is 25.0. The van der Waals surface area contributed by atoms with E-state index in [1.165, 1.54) is 9.58 Å². The molecule has 14 nitrogen and oxygen atoms in total. The molecule has 1 saturated carbocycles. The second-order valence-corrected chi connectivity index (χ2v) is 15.6. The number of nitrogens with one attached hydrogen (secondary N) is 1. The summed E-state index contributed by atoms with van der Waals surface area (Å²) in [7, 11) is -4.71. The van der Waals surface area contributed by atoms with Gasteiger partial charge in [0, 0.05) is 25.2 Å². The number of halogens is 5. The molecule has 0 spiro atoms. The van der Waals surface area contributed by atoms with Crippen molar-refractivity contribution < 1.29 is 59.0 Å². The van der Waals surface area contributed by atoms with Crippen molar-refractivity contribution in [2.24, 2.45) is 0 Å². The summed E-state index contributed by atoms with van der Waals surface area (Å²) in [5, 5.41) is 16.1. The van der Waals surface area contributed by atoms with Gasteiger partial charge in [0.2, 0.25) is 34.8 Å². The predicted molar refractivity (Wildman–Crippen MR) is 171 cm³/mol. The maximum absolute atomic E-state index is 14.3. The van der Waals surface area contributed by atoms with E-state index in [1.807, 2.05) is 6.07 Å². The first-order valence-electron chi connectivity index (χ1n) is 15.9. The van der Waals surface area contributed by atoms with Gasteiger partial charge < -0.3 is 25.2 Å². The second kappa shape index (κ2) is 14.8. The van der Waals surface area contributed by atoms with Crippen molar-refractivity contribution in [1.29, 1.82) is 5.26 Å². The number of esters is 1. The molecule has 0 bridgehead atoms. The van der Waals surface area contributed by atoms with E-state index in [4.69, 9.17) is 15.5 Å². The van der Waals surface area contributed by atoms with Gasteiger partial charge in [-0.05, 0) is 50.8 Å². The summed E-state index contributed by atoms with van der Waals surface area (Å²) < 4.78 is 104. The molecular formula is C33H30F5N7O7S. The van der Waals surface area contributed by atoms with Crippen LogP contribution in [0.5, 0.6) is 5.75 Å². The van der Waals surface area contributed by atoms with Crippen molar-refractivity contribution in [1.82, 2.24) is 20.0 Å². The number of carbonyl (C=O) groups excluding carboxylic acids is 3. The summed E-state index contributed by atoms with van der Waals surface area (Å²) in [5.74, 6) is -17.3. The highest BCUT2D eigenvalue weighted by Crippen LogP contribution is 2.50. The minimum absolute atomic E-state index is 0.0302. The van der Waals surface area contributed by atoms with Gasteiger partial charge in [0.05, 0.1) is 29.5 Å². The Morgan fingerprint density at radius 2 is 1.72 bits per heavy atom. The zero-order chi connectivity index (χ0) is 38.9. The van der Waals surface area contributed by atoms with Crippen molar-refractivity contribution in [3.63, 3.8) is 0 Å². The maximum atomic E-state index is 14.3. The number of benzene rings is 2. The van der Waals surface area contributed by atoms with Crippen LogP contribution in [0.3, 0.4) is 0 Å². The lowest BCUT2D eigenvalue weighted by Crippen LogP contribution is -2.54. The summed E-state index contributed by atoms with van der Waals surface area (Å²) in [4.78, 5) is 44.5. The SMILES string of the molecule is CC(C)(C(=O)Oc1c(F)c(F)c(F)c(F)c1F)S(=O)(=O)C1(CN2CCc3c(C(=O)NCc4ccc(C#N)cc4)nn(CCOCC=[N+]=[N-])c3C2=O)CC1. The topological polar surface area (TPSA) is 197 Å². The van der Waals surface area contributed by atoms with Crippen molar-refractivity contribution >= 4 is 33.8 Å². The van der Waals surface area contributed by atoms with Gasteiger partial charge in [-0.25, -0.2) is 26.4 Å². The number of nitrogens with zero attached hydrogens (tertiary/aromatic N) is 6. The molecule has 280 valence electrons. The average molecular weight is 764 g/mol. The Labute approximate surface area is 298 Å². The molecule has 0 radical (unpaired) electrons. The molecule has 2 heterocycles. The van der Waals surface area contributed by atoms with Gasteiger partial charge in [0.1, 0.15) is 12.3 Å². The second-order valence-electron chi connectivity index (χ2n) is 12.7. The number of hydrogen-bond acceptors (Lipinski definition) is 9. The van der Waals surface area contributed by atoms with Gasteiger partial charge >= 0.3 is 5.97 Å². The van der Waals surface area contributed by atoms with E-state index in [2.05, 4.69) is 19.9 Å². The van der Waals surface area contributed by atoms with E-state index in [0.29, 0.717) is 11.1 Å². The number of carbonyl (C=O) groups is 3. The Morgan fingerprint density at radius 1 is 1.09 bits per heavy atom. The Balaban J connectivity index is 1.38. The summed E-state index contributed by atoms with van der Waals surface area (Å²) in [5.41, 5.74) is 9.90. The number of hydrogen-bond donors (Lipinski definition) is 1. The lowest BCUT2D eigenvalue weighted by atomic mass is 10.0. The standard InChI is InChI=1S/C33H30F5N7O7S/c1-32(2,31(48)52-28-24(37)22(35)21(34)23(36)25(28)38)53(49,50)33(8-9-33)17-44-11-7-20-26(29(46)41-16-19-5-3-18(15-39)4-6-19)43-45(27(20)30(44)47)12-14-51-13-10-42-40/h3-6,10H,7-9,11-14,16-17H2,1-2H3,(H,41,46). The number of ether oxygens (including phenoxy) is 2. The number of amides is 2. The average Bonchev–Trinajstić information content (AvgIpc) is 3.85. The molecule has 53 heavy (non-hydrogen) atoms. The van der Waals surface area contributed by atoms with Gasteiger partial charge in [-0.1, -0.05) is 12.1 Å². The third kappa shape index (κ3) is 7.14. The highest BCUT2D eigenvalue weighted by atomic mass is 32.2. The number of fused-ring (bicyclic) bond motifs is 1. The molecule has 2 aromatic carbocycles. The molecule has 1 fully saturated rings. The molecule has 3 aromatic rings. The van der Waals surface area contributed by atoms with E-state index in [0.717, 1.165) is 20.1 Å². The highest BCUT2D eigenvalue weighted by molar-refractivity contribution is 7.95. The minimum atomic E-state index is -4.71. The smallest absolute Gasteiger partial charge is 0.332 e. The Hall–Kier alpha value is -5.51. The first-order valence-corrected chi connectivity index (χ1v) is 17.4. The molecule has 0 saturated heterocycles. The maximum Gasteiger partial charge on any atom is 0.332 e. The number of aromatic nitrogens is 2. The molecule has 2 amide bonds. The quantitative estimate of drug-likeness (QED) is 0.0295. The Bertz CT molecular complexity index is 2160. The summed E-state index contributed by atoms with van der Waals surface area (Å²) in [6.07, 6.45) is 1.03. The zero-order valence-corrected chi connectivity index (χ0v) is 28.9. The van der Waals surface area contributed by atoms with E-state index < -0.39 is 78.5 Å². The summed E-state index contributed by atoms with van der Waals surface area (Å²) in [6, 6.07) is 8.47. The van der Waals surface area contributed by atoms with Crippen LogP contribution in [0.25, 0.3) is 5.53 Å². The van der Waals surface area contributed by atoms with Crippen molar-refractivity contribution in [3.05, 3.63) is 87.0 Å². The minimum Gasteiger partial charge on any atom is -0.419 e. The third-order valence-electron chi connectivity index (χ3n) is 9.03. The zero-order valence-electron chi connectivity index (χ0n) is 28.1. The Kier molecular flexibility index (Phi) is 10.8.